The lowest BCUT2D eigenvalue weighted by atomic mass is 10.1. The quantitative estimate of drug-likeness (QED) is 0.825. The normalized spacial score (nSPS) is 12.0. The molecule has 0 aliphatic rings. The maximum Gasteiger partial charge on any atom is 0.266 e. The van der Waals surface area contributed by atoms with Gasteiger partial charge in [0.1, 0.15) is 6.61 Å². The first-order chi connectivity index (χ1) is 11.9. The maximum atomic E-state index is 13.4. The van der Waals surface area contributed by atoms with Crippen LogP contribution in [0.5, 0.6) is 0 Å². The second kappa shape index (κ2) is 8.48. The number of aromatic nitrogens is 2. The van der Waals surface area contributed by atoms with Gasteiger partial charge in [-0.25, -0.2) is 13.5 Å². The molecule has 134 valence electrons. The summed E-state index contributed by atoms with van der Waals surface area (Å²) in [5.41, 5.74) is 0.325. The lowest BCUT2D eigenvalue weighted by Crippen LogP contribution is -2.41. The van der Waals surface area contributed by atoms with Crippen molar-refractivity contribution in [2.24, 2.45) is 0 Å². The predicted octanol–water partition coefficient (Wildman–Crippen LogP) is 1.73. The number of hydrogen-bond donors (Lipinski definition) is 1. The lowest BCUT2D eigenvalue weighted by Gasteiger charge is -2.17. The third-order valence-electron chi connectivity index (χ3n) is 3.61. The maximum absolute atomic E-state index is 13.4. The van der Waals surface area contributed by atoms with Crippen molar-refractivity contribution in [1.29, 1.82) is 0 Å². The van der Waals surface area contributed by atoms with Crippen molar-refractivity contribution in [3.8, 4) is 11.3 Å². The summed E-state index contributed by atoms with van der Waals surface area (Å²) in [5.74, 6) is -2.24. The fourth-order valence-corrected chi connectivity index (χ4v) is 2.28. The molecule has 0 aliphatic heterocycles. The molecule has 1 amide bonds. The molecule has 1 atom stereocenters. The third-order valence-corrected chi connectivity index (χ3v) is 3.61. The van der Waals surface area contributed by atoms with Gasteiger partial charge in [-0.15, -0.1) is 0 Å². The van der Waals surface area contributed by atoms with Gasteiger partial charge in [0.05, 0.1) is 12.2 Å². The lowest BCUT2D eigenvalue weighted by molar-refractivity contribution is -0.125. The summed E-state index contributed by atoms with van der Waals surface area (Å²) in [4.78, 5) is 23.6. The highest BCUT2D eigenvalue weighted by molar-refractivity contribution is 5.77. The van der Waals surface area contributed by atoms with Gasteiger partial charge in [-0.1, -0.05) is 6.92 Å². The van der Waals surface area contributed by atoms with Crippen LogP contribution in [0.25, 0.3) is 11.3 Å². The van der Waals surface area contributed by atoms with Crippen molar-refractivity contribution >= 4 is 5.91 Å². The number of hydrogen-bond acceptors (Lipinski definition) is 4. The van der Waals surface area contributed by atoms with Crippen molar-refractivity contribution in [3.63, 3.8) is 0 Å². The molecule has 6 nitrogen and oxygen atoms in total. The number of ether oxygens (including phenoxy) is 1. The summed E-state index contributed by atoms with van der Waals surface area (Å²) in [6.07, 6.45) is 0.582. The van der Waals surface area contributed by atoms with Crippen LogP contribution >= 0.6 is 0 Å². The van der Waals surface area contributed by atoms with Crippen molar-refractivity contribution in [2.75, 3.05) is 13.7 Å². The van der Waals surface area contributed by atoms with E-state index in [0.717, 1.165) is 12.1 Å². The smallest absolute Gasteiger partial charge is 0.266 e. The fraction of sp³-hybridized carbons (Fsp3) is 0.353. The number of nitrogens with zero attached hydrogens (tertiary/aromatic N) is 2. The Hall–Kier alpha value is -2.61. The van der Waals surface area contributed by atoms with E-state index in [1.54, 1.807) is 0 Å². The molecule has 1 aromatic heterocycles. The van der Waals surface area contributed by atoms with Crippen molar-refractivity contribution in [1.82, 2.24) is 15.1 Å². The van der Waals surface area contributed by atoms with Crippen LogP contribution < -0.4 is 10.9 Å². The molecule has 8 heteroatoms. The molecule has 0 unspecified atom stereocenters. The van der Waals surface area contributed by atoms with Crippen LogP contribution in [-0.2, 0) is 16.1 Å². The molecule has 2 rings (SSSR count). The molecule has 0 saturated heterocycles. The van der Waals surface area contributed by atoms with E-state index in [1.807, 2.05) is 6.92 Å². The van der Waals surface area contributed by atoms with Gasteiger partial charge < -0.3 is 10.1 Å². The highest BCUT2D eigenvalue weighted by atomic mass is 19.2. The number of nitrogens with one attached hydrogen (secondary N) is 1. The van der Waals surface area contributed by atoms with Crippen LogP contribution in [0.15, 0.2) is 35.1 Å². The van der Waals surface area contributed by atoms with Crippen molar-refractivity contribution in [2.45, 2.75) is 25.9 Å². The van der Waals surface area contributed by atoms with Crippen LogP contribution in [0.3, 0.4) is 0 Å². The number of carbonyl (C=O) groups excluding carboxylic acids is 1. The zero-order chi connectivity index (χ0) is 18.4. The average molecular weight is 351 g/mol. The first-order valence-corrected chi connectivity index (χ1v) is 7.76. The minimum Gasteiger partial charge on any atom is -0.375 e. The molecule has 1 N–H and O–H groups in total. The molecule has 25 heavy (non-hydrogen) atoms. The second-order valence-corrected chi connectivity index (χ2v) is 5.47. The van der Waals surface area contributed by atoms with Crippen molar-refractivity contribution < 1.29 is 18.3 Å². The standard InChI is InChI=1S/C17H19F2N3O3/c1-3-12(20-16(23)10-25-2)9-22-17(24)7-6-15(21-22)11-4-5-13(18)14(19)8-11/h4-8,12H,3,9-10H2,1-2H3,(H,20,23)/t12-/m1/s1. The summed E-state index contributed by atoms with van der Waals surface area (Å²) < 4.78 is 32.4. The van der Waals surface area contributed by atoms with Gasteiger partial charge in [0.2, 0.25) is 5.91 Å². The zero-order valence-corrected chi connectivity index (χ0v) is 14.0. The van der Waals surface area contributed by atoms with Crippen molar-refractivity contribution in [3.05, 3.63) is 52.3 Å². The Morgan fingerprint density at radius 1 is 1.28 bits per heavy atom. The molecular weight excluding hydrogens is 332 g/mol. The van der Waals surface area contributed by atoms with E-state index in [4.69, 9.17) is 4.74 Å². The van der Waals surface area contributed by atoms with Gasteiger partial charge in [-0.2, -0.15) is 5.10 Å². The number of halogens is 2. The number of carbonyl (C=O) groups is 1. The minimum atomic E-state index is -0.990. The summed E-state index contributed by atoms with van der Waals surface area (Å²) in [5, 5.41) is 6.93. The van der Waals surface area contributed by atoms with E-state index in [2.05, 4.69) is 10.4 Å². The highest BCUT2D eigenvalue weighted by Gasteiger charge is 2.14. The van der Waals surface area contributed by atoms with E-state index in [0.29, 0.717) is 17.7 Å². The van der Waals surface area contributed by atoms with E-state index < -0.39 is 11.6 Å². The largest absolute Gasteiger partial charge is 0.375 e. The second-order valence-electron chi connectivity index (χ2n) is 5.47. The summed E-state index contributed by atoms with van der Waals surface area (Å²) in [7, 11) is 1.41. The van der Waals surface area contributed by atoms with E-state index in [9.17, 15) is 18.4 Å². The van der Waals surface area contributed by atoms with Gasteiger partial charge in [-0.3, -0.25) is 9.59 Å². The molecule has 2 aromatic rings. The Labute approximate surface area is 143 Å². The number of methoxy groups -OCH3 is 1. The average Bonchev–Trinajstić information content (AvgIpc) is 2.58. The third kappa shape index (κ3) is 4.93. The van der Waals surface area contributed by atoms with Crippen LogP contribution in [0.4, 0.5) is 8.78 Å². The predicted molar refractivity (Wildman–Crippen MR) is 87.9 cm³/mol. The SMILES string of the molecule is CC[C@H](Cn1nc(-c2ccc(F)c(F)c2)ccc1=O)NC(=O)COC. The molecule has 1 aromatic carbocycles. The Morgan fingerprint density at radius 2 is 2.04 bits per heavy atom. The zero-order valence-electron chi connectivity index (χ0n) is 14.0. The highest BCUT2D eigenvalue weighted by Crippen LogP contribution is 2.18. The topological polar surface area (TPSA) is 73.2 Å². The molecule has 0 aliphatic carbocycles. The van der Waals surface area contributed by atoms with Crippen LogP contribution in [0, 0.1) is 11.6 Å². The Balaban J connectivity index is 2.24. The van der Waals surface area contributed by atoms with E-state index in [-0.39, 0.29) is 30.7 Å². The van der Waals surface area contributed by atoms with Crippen LogP contribution in [0.1, 0.15) is 13.3 Å². The summed E-state index contributed by atoms with van der Waals surface area (Å²) in [6.45, 7) is 1.94. The minimum absolute atomic E-state index is 0.0757. The Morgan fingerprint density at radius 3 is 2.68 bits per heavy atom. The molecule has 1 heterocycles. The number of amides is 1. The Bertz CT molecular complexity index is 808. The molecule has 0 radical (unpaired) electrons. The van der Waals surface area contributed by atoms with Gasteiger partial charge in [0.25, 0.3) is 5.56 Å². The Kier molecular flexibility index (Phi) is 6.35. The fourth-order valence-electron chi connectivity index (χ4n) is 2.28. The first-order valence-electron chi connectivity index (χ1n) is 7.76. The first kappa shape index (κ1) is 18.7. The molecule has 0 bridgehead atoms. The molecular formula is C17H19F2N3O3. The molecule has 0 fully saturated rings. The van der Waals surface area contributed by atoms with Crippen LogP contribution in [0.2, 0.25) is 0 Å². The summed E-state index contributed by atoms with van der Waals surface area (Å²) >= 11 is 0. The van der Waals surface area contributed by atoms with Crippen LogP contribution in [-0.4, -0.2) is 35.4 Å². The van der Waals surface area contributed by atoms with E-state index >= 15 is 0 Å². The monoisotopic (exact) mass is 351 g/mol. The van der Waals surface area contributed by atoms with Gasteiger partial charge in [-0.05, 0) is 30.7 Å². The summed E-state index contributed by atoms with van der Waals surface area (Å²) in [6, 6.07) is 5.83. The number of rotatable bonds is 7. The van der Waals surface area contributed by atoms with E-state index in [1.165, 1.54) is 30.0 Å². The van der Waals surface area contributed by atoms with Gasteiger partial charge in [0, 0.05) is 24.8 Å². The van der Waals surface area contributed by atoms with Gasteiger partial charge >= 0.3 is 0 Å². The van der Waals surface area contributed by atoms with Gasteiger partial charge in [0.15, 0.2) is 11.6 Å². The molecule has 0 saturated carbocycles. The molecule has 0 spiro atoms. The number of benzene rings is 1.